The molecule has 2 amide bonds. The zero-order valence-corrected chi connectivity index (χ0v) is 14.0. The first-order valence-corrected chi connectivity index (χ1v) is 9.04. The first-order valence-electron chi connectivity index (χ1n) is 9.04. The van der Waals surface area contributed by atoms with Crippen LogP contribution in [0.1, 0.15) is 31.2 Å². The van der Waals surface area contributed by atoms with Gasteiger partial charge in [-0.15, -0.1) is 0 Å². The highest BCUT2D eigenvalue weighted by atomic mass is 16.2. The van der Waals surface area contributed by atoms with Gasteiger partial charge in [0.05, 0.1) is 12.0 Å². The van der Waals surface area contributed by atoms with Crippen molar-refractivity contribution in [1.82, 2.24) is 15.1 Å². The Morgan fingerprint density at radius 2 is 1.71 bits per heavy atom. The average Bonchev–Trinajstić information content (AvgIpc) is 3.51. The van der Waals surface area contributed by atoms with Gasteiger partial charge in [-0.2, -0.15) is 0 Å². The number of piperazine rings is 1. The number of hydrogen-bond donors (Lipinski definition) is 1. The van der Waals surface area contributed by atoms with Crippen LogP contribution in [-0.4, -0.2) is 60.4 Å². The highest BCUT2D eigenvalue weighted by Crippen LogP contribution is 2.49. The van der Waals surface area contributed by atoms with Crippen LogP contribution >= 0.6 is 0 Å². The molecule has 5 nitrogen and oxygen atoms in total. The van der Waals surface area contributed by atoms with Crippen molar-refractivity contribution >= 4 is 11.8 Å². The van der Waals surface area contributed by atoms with E-state index >= 15 is 0 Å². The zero-order chi connectivity index (χ0) is 16.6. The smallest absolute Gasteiger partial charge is 0.234 e. The number of nitrogens with zero attached hydrogens (tertiary/aromatic N) is 2. The molecule has 0 aromatic heterocycles. The molecule has 24 heavy (non-hydrogen) atoms. The summed E-state index contributed by atoms with van der Waals surface area (Å²) in [6.45, 7) is 3.49. The van der Waals surface area contributed by atoms with Crippen LogP contribution in [-0.2, 0) is 15.0 Å². The lowest BCUT2D eigenvalue weighted by atomic mass is 9.94. The van der Waals surface area contributed by atoms with Crippen LogP contribution in [0.2, 0.25) is 0 Å². The molecule has 0 bridgehead atoms. The number of carbonyl (C=O) groups is 2. The van der Waals surface area contributed by atoms with Crippen LogP contribution < -0.4 is 5.32 Å². The van der Waals surface area contributed by atoms with Gasteiger partial charge in [0.25, 0.3) is 0 Å². The third kappa shape index (κ3) is 3.18. The highest BCUT2D eigenvalue weighted by molar-refractivity contribution is 5.91. The topological polar surface area (TPSA) is 52.7 Å². The minimum Gasteiger partial charge on any atom is -0.352 e. The van der Waals surface area contributed by atoms with Crippen molar-refractivity contribution in [2.45, 2.75) is 37.1 Å². The number of carbonyl (C=O) groups excluding carboxylic acids is 2. The largest absolute Gasteiger partial charge is 0.352 e. The Kier molecular flexibility index (Phi) is 4.04. The van der Waals surface area contributed by atoms with E-state index in [9.17, 15) is 9.59 Å². The summed E-state index contributed by atoms with van der Waals surface area (Å²) in [4.78, 5) is 29.0. The number of benzene rings is 1. The summed E-state index contributed by atoms with van der Waals surface area (Å²) in [6.07, 6.45) is 4.16. The zero-order valence-electron chi connectivity index (χ0n) is 14.0. The average molecular weight is 327 g/mol. The van der Waals surface area contributed by atoms with Crippen molar-refractivity contribution in [3.63, 3.8) is 0 Å². The maximum Gasteiger partial charge on any atom is 0.234 e. The summed E-state index contributed by atoms with van der Waals surface area (Å²) in [6, 6.07) is 10.6. The lowest BCUT2D eigenvalue weighted by molar-refractivity contribution is -0.136. The van der Waals surface area contributed by atoms with Crippen molar-refractivity contribution in [3.05, 3.63) is 35.9 Å². The number of nitrogens with one attached hydrogen (secondary N) is 1. The Bertz CT molecular complexity index is 615. The van der Waals surface area contributed by atoms with Gasteiger partial charge in [0.1, 0.15) is 0 Å². The van der Waals surface area contributed by atoms with Crippen LogP contribution in [0.3, 0.4) is 0 Å². The summed E-state index contributed by atoms with van der Waals surface area (Å²) in [5, 5.41) is 3.03. The van der Waals surface area contributed by atoms with Gasteiger partial charge in [-0.05, 0) is 31.2 Å². The Balaban J connectivity index is 1.31. The molecule has 1 N–H and O–H groups in total. The molecule has 0 spiro atoms. The molecule has 3 fully saturated rings. The van der Waals surface area contributed by atoms with E-state index in [0.29, 0.717) is 12.6 Å². The summed E-state index contributed by atoms with van der Waals surface area (Å²) in [7, 11) is 0. The van der Waals surface area contributed by atoms with E-state index in [1.165, 1.54) is 0 Å². The molecule has 1 aromatic rings. The van der Waals surface area contributed by atoms with Crippen molar-refractivity contribution in [2.24, 2.45) is 0 Å². The Morgan fingerprint density at radius 3 is 2.29 bits per heavy atom. The molecular formula is C19H25N3O2. The quantitative estimate of drug-likeness (QED) is 0.882. The molecule has 1 heterocycles. The first-order chi connectivity index (χ1) is 11.7. The normalized spacial score (nSPS) is 22.9. The van der Waals surface area contributed by atoms with Crippen molar-refractivity contribution in [3.8, 4) is 0 Å². The van der Waals surface area contributed by atoms with Gasteiger partial charge in [0.15, 0.2) is 0 Å². The third-order valence-electron chi connectivity index (χ3n) is 5.45. The molecule has 3 aliphatic rings. The van der Waals surface area contributed by atoms with E-state index in [2.05, 4.69) is 22.3 Å². The molecule has 5 heteroatoms. The lowest BCUT2D eigenvalue weighted by Gasteiger charge is -2.36. The van der Waals surface area contributed by atoms with Gasteiger partial charge in [-0.3, -0.25) is 14.5 Å². The summed E-state index contributed by atoms with van der Waals surface area (Å²) < 4.78 is 0. The molecule has 0 atom stereocenters. The fourth-order valence-electron chi connectivity index (χ4n) is 3.62. The van der Waals surface area contributed by atoms with Crippen LogP contribution in [0.4, 0.5) is 0 Å². The van der Waals surface area contributed by atoms with E-state index in [-0.39, 0.29) is 17.2 Å². The highest BCUT2D eigenvalue weighted by Gasteiger charge is 2.53. The summed E-state index contributed by atoms with van der Waals surface area (Å²) in [5.41, 5.74) is 0.883. The minimum absolute atomic E-state index is 0.125. The first kappa shape index (κ1) is 15.6. The fraction of sp³-hybridized carbons (Fsp3) is 0.579. The van der Waals surface area contributed by atoms with Gasteiger partial charge in [-0.1, -0.05) is 30.3 Å². The monoisotopic (exact) mass is 327 g/mol. The molecule has 0 radical (unpaired) electrons. The maximum atomic E-state index is 13.0. The van der Waals surface area contributed by atoms with Gasteiger partial charge in [-0.25, -0.2) is 0 Å². The molecule has 128 valence electrons. The Hall–Kier alpha value is -1.88. The van der Waals surface area contributed by atoms with Crippen LogP contribution in [0.25, 0.3) is 0 Å². The maximum absolute atomic E-state index is 13.0. The second kappa shape index (κ2) is 6.20. The predicted molar refractivity (Wildman–Crippen MR) is 91.5 cm³/mol. The van der Waals surface area contributed by atoms with Crippen molar-refractivity contribution < 1.29 is 9.59 Å². The fourth-order valence-corrected chi connectivity index (χ4v) is 3.62. The molecule has 1 aliphatic heterocycles. The summed E-state index contributed by atoms with van der Waals surface area (Å²) >= 11 is 0. The Labute approximate surface area is 143 Å². The van der Waals surface area contributed by atoms with Crippen LogP contribution in [0, 0.1) is 0 Å². The van der Waals surface area contributed by atoms with Crippen molar-refractivity contribution in [1.29, 1.82) is 0 Å². The molecule has 2 aliphatic carbocycles. The van der Waals surface area contributed by atoms with Gasteiger partial charge < -0.3 is 10.2 Å². The molecule has 4 rings (SSSR count). The second-order valence-electron chi connectivity index (χ2n) is 7.36. The molecule has 1 aromatic carbocycles. The Morgan fingerprint density at radius 1 is 1.04 bits per heavy atom. The van der Waals surface area contributed by atoms with E-state index in [1.807, 2.05) is 23.1 Å². The third-order valence-corrected chi connectivity index (χ3v) is 5.45. The van der Waals surface area contributed by atoms with Gasteiger partial charge in [0.2, 0.25) is 11.8 Å². The molecule has 1 saturated heterocycles. The molecular weight excluding hydrogens is 302 g/mol. The van der Waals surface area contributed by atoms with E-state index in [0.717, 1.165) is 57.4 Å². The predicted octanol–water partition coefficient (Wildman–Crippen LogP) is 1.14. The van der Waals surface area contributed by atoms with E-state index in [1.54, 1.807) is 0 Å². The number of amides is 2. The van der Waals surface area contributed by atoms with Gasteiger partial charge in [0, 0.05) is 32.2 Å². The minimum atomic E-state index is -0.271. The van der Waals surface area contributed by atoms with Gasteiger partial charge >= 0.3 is 0 Å². The van der Waals surface area contributed by atoms with Crippen LogP contribution in [0.15, 0.2) is 30.3 Å². The standard InChI is InChI=1S/C19H25N3O2/c23-17(20-16-6-7-16)14-21-10-12-22(13-11-21)18(24)19(8-9-19)15-4-2-1-3-5-15/h1-5,16H,6-14H2,(H,20,23). The van der Waals surface area contributed by atoms with Crippen LogP contribution in [0.5, 0.6) is 0 Å². The molecule has 0 unspecified atom stereocenters. The number of rotatable bonds is 5. The number of hydrogen-bond acceptors (Lipinski definition) is 3. The SMILES string of the molecule is O=C(CN1CCN(C(=O)C2(c3ccccc3)CC2)CC1)NC1CC1. The lowest BCUT2D eigenvalue weighted by Crippen LogP contribution is -2.53. The van der Waals surface area contributed by atoms with Crippen molar-refractivity contribution in [2.75, 3.05) is 32.7 Å². The molecule has 2 saturated carbocycles. The van der Waals surface area contributed by atoms with E-state index in [4.69, 9.17) is 0 Å². The van der Waals surface area contributed by atoms with E-state index < -0.39 is 0 Å². The summed E-state index contributed by atoms with van der Waals surface area (Å²) in [5.74, 6) is 0.399. The second-order valence-corrected chi connectivity index (χ2v) is 7.36.